The number of sulfonamides is 1. The first kappa shape index (κ1) is 20.6. The van der Waals surface area contributed by atoms with E-state index in [1.54, 1.807) is 28.7 Å². The van der Waals surface area contributed by atoms with Gasteiger partial charge >= 0.3 is 5.97 Å². The lowest BCUT2D eigenvalue weighted by Crippen LogP contribution is -2.35. The lowest BCUT2D eigenvalue weighted by Gasteiger charge is -2.25. The molecule has 0 amide bonds. The molecule has 0 radical (unpaired) electrons. The molecule has 1 aromatic carbocycles. The van der Waals surface area contributed by atoms with Crippen molar-refractivity contribution in [1.29, 1.82) is 0 Å². The van der Waals surface area contributed by atoms with Crippen molar-refractivity contribution in [1.82, 2.24) is 13.9 Å². The van der Waals surface area contributed by atoms with Gasteiger partial charge in [-0.1, -0.05) is 18.6 Å². The molecule has 4 rings (SSSR count). The maximum Gasteiger partial charge on any atom is 0.307 e. The SMILES string of the molecule is Cc1c(CC(=O)O)c2cccnc2n1Cc1ccc(S(=O)(=O)N2CCCCC2)cc1. The highest BCUT2D eigenvalue weighted by Crippen LogP contribution is 2.26. The van der Waals surface area contributed by atoms with Gasteiger partial charge in [0.1, 0.15) is 5.65 Å². The largest absolute Gasteiger partial charge is 0.481 e. The third-order valence-electron chi connectivity index (χ3n) is 5.75. The van der Waals surface area contributed by atoms with Gasteiger partial charge in [0.2, 0.25) is 10.0 Å². The molecular weight excluding hydrogens is 402 g/mol. The van der Waals surface area contributed by atoms with Crippen molar-refractivity contribution in [3.63, 3.8) is 0 Å². The van der Waals surface area contributed by atoms with Gasteiger partial charge in [-0.15, -0.1) is 0 Å². The fourth-order valence-electron chi connectivity index (χ4n) is 4.14. The van der Waals surface area contributed by atoms with Crippen molar-refractivity contribution in [2.45, 2.75) is 44.0 Å². The van der Waals surface area contributed by atoms with Crippen LogP contribution in [0.15, 0.2) is 47.5 Å². The van der Waals surface area contributed by atoms with Crippen molar-refractivity contribution >= 4 is 27.0 Å². The maximum atomic E-state index is 12.8. The van der Waals surface area contributed by atoms with Gasteiger partial charge in [0, 0.05) is 36.9 Å². The average Bonchev–Trinajstić information content (AvgIpc) is 3.00. The summed E-state index contributed by atoms with van der Waals surface area (Å²) in [6, 6.07) is 10.7. The molecule has 1 aliphatic rings. The predicted molar refractivity (Wildman–Crippen MR) is 114 cm³/mol. The fraction of sp³-hybridized carbons (Fsp3) is 0.364. The molecule has 0 aliphatic carbocycles. The Bertz CT molecular complexity index is 1180. The number of fused-ring (bicyclic) bond motifs is 1. The van der Waals surface area contributed by atoms with E-state index in [2.05, 4.69) is 4.98 Å². The molecule has 1 fully saturated rings. The zero-order valence-corrected chi connectivity index (χ0v) is 17.7. The number of carboxylic acid groups (broad SMARTS) is 1. The van der Waals surface area contributed by atoms with Crippen LogP contribution in [0.2, 0.25) is 0 Å². The molecular formula is C22H25N3O4S. The van der Waals surface area contributed by atoms with Gasteiger partial charge in [-0.3, -0.25) is 4.79 Å². The highest BCUT2D eigenvalue weighted by Gasteiger charge is 2.25. The van der Waals surface area contributed by atoms with Crippen LogP contribution in [0.5, 0.6) is 0 Å². The Balaban J connectivity index is 1.63. The molecule has 0 saturated carbocycles. The van der Waals surface area contributed by atoms with Crippen LogP contribution in [0.3, 0.4) is 0 Å². The first-order chi connectivity index (χ1) is 14.4. The Morgan fingerprint density at radius 2 is 1.80 bits per heavy atom. The summed E-state index contributed by atoms with van der Waals surface area (Å²) in [5, 5.41) is 10.1. The topological polar surface area (TPSA) is 92.5 Å². The third-order valence-corrected chi connectivity index (χ3v) is 7.67. The summed E-state index contributed by atoms with van der Waals surface area (Å²) >= 11 is 0. The standard InChI is InChI=1S/C22H25N3O4S/c1-16-20(14-21(26)27)19-6-5-11-23-22(19)25(16)15-17-7-9-18(10-8-17)30(28,29)24-12-3-2-4-13-24/h5-11H,2-4,12-15H2,1H3,(H,26,27). The van der Waals surface area contributed by atoms with Crippen molar-refractivity contribution < 1.29 is 18.3 Å². The molecule has 0 atom stereocenters. The summed E-state index contributed by atoms with van der Waals surface area (Å²) in [5.74, 6) is -0.881. The van der Waals surface area contributed by atoms with Crippen LogP contribution in [0.4, 0.5) is 0 Å². The van der Waals surface area contributed by atoms with Crippen molar-refractivity contribution in [3.05, 3.63) is 59.4 Å². The highest BCUT2D eigenvalue weighted by molar-refractivity contribution is 7.89. The summed E-state index contributed by atoms with van der Waals surface area (Å²) in [7, 11) is -3.45. The van der Waals surface area contributed by atoms with E-state index in [0.29, 0.717) is 24.5 Å². The minimum atomic E-state index is -3.45. The van der Waals surface area contributed by atoms with E-state index in [0.717, 1.165) is 47.1 Å². The van der Waals surface area contributed by atoms with E-state index in [-0.39, 0.29) is 6.42 Å². The lowest BCUT2D eigenvalue weighted by atomic mass is 10.1. The van der Waals surface area contributed by atoms with Crippen molar-refractivity contribution in [2.24, 2.45) is 0 Å². The molecule has 30 heavy (non-hydrogen) atoms. The maximum absolute atomic E-state index is 12.8. The highest BCUT2D eigenvalue weighted by atomic mass is 32.2. The Morgan fingerprint density at radius 3 is 2.47 bits per heavy atom. The van der Waals surface area contributed by atoms with Crippen LogP contribution in [0, 0.1) is 6.92 Å². The van der Waals surface area contributed by atoms with Gasteiger partial charge in [-0.05, 0) is 55.2 Å². The van der Waals surface area contributed by atoms with E-state index in [1.807, 2.05) is 29.7 Å². The average molecular weight is 428 g/mol. The number of hydrogen-bond acceptors (Lipinski definition) is 4. The molecule has 1 N–H and O–H groups in total. The van der Waals surface area contributed by atoms with Crippen LogP contribution in [0.25, 0.3) is 11.0 Å². The van der Waals surface area contributed by atoms with Crippen molar-refractivity contribution in [2.75, 3.05) is 13.1 Å². The van der Waals surface area contributed by atoms with Gasteiger partial charge < -0.3 is 9.67 Å². The number of carbonyl (C=O) groups is 1. The minimum Gasteiger partial charge on any atom is -0.481 e. The minimum absolute atomic E-state index is 0.0615. The summed E-state index contributed by atoms with van der Waals surface area (Å²) < 4.78 is 29.2. The Labute approximate surface area is 176 Å². The number of aromatic nitrogens is 2. The summed E-state index contributed by atoms with van der Waals surface area (Å²) in [6.45, 7) is 3.55. The second-order valence-electron chi connectivity index (χ2n) is 7.70. The number of piperidine rings is 1. The van der Waals surface area contributed by atoms with E-state index in [1.165, 1.54) is 0 Å². The molecule has 0 bridgehead atoms. The van der Waals surface area contributed by atoms with Gasteiger partial charge in [-0.2, -0.15) is 4.31 Å². The van der Waals surface area contributed by atoms with Gasteiger partial charge in [0.15, 0.2) is 0 Å². The number of pyridine rings is 1. The molecule has 3 heterocycles. The Morgan fingerprint density at radius 1 is 1.10 bits per heavy atom. The lowest BCUT2D eigenvalue weighted by molar-refractivity contribution is -0.136. The zero-order chi connectivity index (χ0) is 21.3. The second kappa shape index (κ2) is 8.20. The molecule has 2 aromatic heterocycles. The summed E-state index contributed by atoms with van der Waals surface area (Å²) in [4.78, 5) is 16.1. The monoisotopic (exact) mass is 427 g/mol. The summed E-state index contributed by atoms with van der Waals surface area (Å²) in [6.07, 6.45) is 4.52. The molecule has 1 saturated heterocycles. The number of nitrogens with zero attached hydrogens (tertiary/aromatic N) is 3. The molecule has 0 unspecified atom stereocenters. The molecule has 8 heteroatoms. The van der Waals surface area contributed by atoms with E-state index >= 15 is 0 Å². The van der Waals surface area contributed by atoms with E-state index in [4.69, 9.17) is 0 Å². The Hall–Kier alpha value is -2.71. The van der Waals surface area contributed by atoms with Gasteiger partial charge in [0.05, 0.1) is 11.3 Å². The van der Waals surface area contributed by atoms with Gasteiger partial charge in [-0.25, -0.2) is 13.4 Å². The Kier molecular flexibility index (Phi) is 5.62. The van der Waals surface area contributed by atoms with Crippen LogP contribution in [-0.4, -0.2) is 46.4 Å². The molecule has 7 nitrogen and oxygen atoms in total. The van der Waals surface area contributed by atoms with Crippen LogP contribution < -0.4 is 0 Å². The van der Waals surface area contributed by atoms with Crippen LogP contribution in [0.1, 0.15) is 36.1 Å². The number of aliphatic carboxylic acids is 1. The number of benzene rings is 1. The molecule has 158 valence electrons. The van der Waals surface area contributed by atoms with E-state index in [9.17, 15) is 18.3 Å². The molecule has 0 spiro atoms. The normalized spacial score (nSPS) is 15.5. The quantitative estimate of drug-likeness (QED) is 0.652. The summed E-state index contributed by atoms with van der Waals surface area (Å²) in [5.41, 5.74) is 3.28. The molecule has 1 aliphatic heterocycles. The third kappa shape index (κ3) is 3.85. The number of carboxylic acids is 1. The number of hydrogen-bond donors (Lipinski definition) is 1. The first-order valence-electron chi connectivity index (χ1n) is 10.1. The fourth-order valence-corrected chi connectivity index (χ4v) is 5.65. The molecule has 3 aromatic rings. The smallest absolute Gasteiger partial charge is 0.307 e. The first-order valence-corrected chi connectivity index (χ1v) is 11.6. The van der Waals surface area contributed by atoms with E-state index < -0.39 is 16.0 Å². The van der Waals surface area contributed by atoms with Gasteiger partial charge in [0.25, 0.3) is 0 Å². The predicted octanol–water partition coefficient (Wildman–Crippen LogP) is 3.19. The van der Waals surface area contributed by atoms with Crippen LogP contribution in [-0.2, 0) is 27.8 Å². The van der Waals surface area contributed by atoms with Crippen molar-refractivity contribution in [3.8, 4) is 0 Å². The number of rotatable bonds is 6. The zero-order valence-electron chi connectivity index (χ0n) is 16.9. The van der Waals surface area contributed by atoms with Crippen LogP contribution >= 0.6 is 0 Å². The second-order valence-corrected chi connectivity index (χ2v) is 9.64.